The molecule has 0 fully saturated rings. The molecule has 2 aromatic rings. The first kappa shape index (κ1) is 8.74. The Bertz CT molecular complexity index is 398. The molecule has 1 heterocycles. The monoisotopic (exact) mass is 189 g/mol. The molecule has 2 rings (SSSR count). The second-order valence-electron chi connectivity index (χ2n) is 2.64. The van der Waals surface area contributed by atoms with Crippen LogP contribution in [0.2, 0.25) is 0 Å². The normalized spacial score (nSPS) is 10.1. The first-order valence-electron chi connectivity index (χ1n) is 4.34. The van der Waals surface area contributed by atoms with Gasteiger partial charge in [-0.3, -0.25) is 0 Å². The van der Waals surface area contributed by atoms with Gasteiger partial charge in [-0.15, -0.1) is 5.10 Å². The van der Waals surface area contributed by atoms with Crippen molar-refractivity contribution in [3.05, 3.63) is 30.5 Å². The van der Waals surface area contributed by atoms with Crippen molar-refractivity contribution in [3.8, 4) is 17.1 Å². The molecular formula is C10H9N2O2. The van der Waals surface area contributed by atoms with Gasteiger partial charge in [-0.1, -0.05) is 12.1 Å². The van der Waals surface area contributed by atoms with Gasteiger partial charge in [0.2, 0.25) is 5.76 Å². The summed E-state index contributed by atoms with van der Waals surface area (Å²) in [5.74, 6) is 1.25. The van der Waals surface area contributed by atoms with Gasteiger partial charge in [0.05, 0.1) is 12.2 Å². The molecule has 0 aliphatic carbocycles. The topological polar surface area (TPSA) is 48.2 Å². The average Bonchev–Trinajstić information content (AvgIpc) is 2.72. The number of benzene rings is 1. The lowest BCUT2D eigenvalue weighted by atomic mass is 10.1. The van der Waals surface area contributed by atoms with E-state index in [2.05, 4.69) is 16.6 Å². The largest absolute Gasteiger partial charge is 0.493 e. The highest BCUT2D eigenvalue weighted by Crippen LogP contribution is 2.28. The van der Waals surface area contributed by atoms with Crippen molar-refractivity contribution in [1.82, 2.24) is 10.4 Å². The first-order chi connectivity index (χ1) is 6.92. The van der Waals surface area contributed by atoms with Crippen molar-refractivity contribution >= 4 is 0 Å². The molecule has 1 radical (unpaired) electrons. The van der Waals surface area contributed by atoms with E-state index in [-0.39, 0.29) is 0 Å². The van der Waals surface area contributed by atoms with Gasteiger partial charge < -0.3 is 9.26 Å². The van der Waals surface area contributed by atoms with Crippen LogP contribution in [0.1, 0.15) is 6.92 Å². The molecule has 0 saturated carbocycles. The minimum absolute atomic E-state index is 0.494. The predicted molar refractivity (Wildman–Crippen MR) is 49.7 cm³/mol. The van der Waals surface area contributed by atoms with Crippen molar-refractivity contribution in [2.24, 2.45) is 0 Å². The molecule has 0 spiro atoms. The van der Waals surface area contributed by atoms with Gasteiger partial charge in [0, 0.05) is 5.27 Å². The van der Waals surface area contributed by atoms with Gasteiger partial charge in [-0.05, 0) is 19.1 Å². The second kappa shape index (κ2) is 3.91. The third-order valence-electron chi connectivity index (χ3n) is 1.76. The van der Waals surface area contributed by atoms with E-state index in [0.717, 1.165) is 11.3 Å². The molecule has 0 aliphatic heterocycles. The molecule has 14 heavy (non-hydrogen) atoms. The van der Waals surface area contributed by atoms with Gasteiger partial charge in [0.25, 0.3) is 0 Å². The number of hydrogen-bond acceptors (Lipinski definition) is 4. The minimum Gasteiger partial charge on any atom is -0.493 e. The Morgan fingerprint density at radius 1 is 1.43 bits per heavy atom. The van der Waals surface area contributed by atoms with Crippen LogP contribution in [0.25, 0.3) is 11.3 Å². The van der Waals surface area contributed by atoms with E-state index in [4.69, 9.17) is 9.26 Å². The quantitative estimate of drug-likeness (QED) is 0.740. The number of rotatable bonds is 3. The lowest BCUT2D eigenvalue weighted by Crippen LogP contribution is -1.93. The molecule has 4 heteroatoms. The molecule has 0 atom stereocenters. The Hall–Kier alpha value is -1.84. The van der Waals surface area contributed by atoms with E-state index in [0.29, 0.717) is 12.4 Å². The van der Waals surface area contributed by atoms with E-state index in [1.807, 2.05) is 31.2 Å². The summed E-state index contributed by atoms with van der Waals surface area (Å²) in [5.41, 5.74) is 0.819. The Morgan fingerprint density at radius 2 is 2.29 bits per heavy atom. The van der Waals surface area contributed by atoms with Crippen molar-refractivity contribution in [2.45, 2.75) is 6.92 Å². The van der Waals surface area contributed by atoms with Gasteiger partial charge in [-0.25, -0.2) is 0 Å². The standard InChI is InChI=1S/C10H9N2O2/c1-2-13-9-6-4-3-5-8(9)10-7-11-12-14-10/h3-6H,2H2,1H3. The fourth-order valence-electron chi connectivity index (χ4n) is 1.19. The molecule has 0 N–H and O–H groups in total. The summed E-state index contributed by atoms with van der Waals surface area (Å²) >= 11 is 0. The third-order valence-corrected chi connectivity index (χ3v) is 1.76. The number of aromatic nitrogens is 2. The maximum atomic E-state index is 5.43. The summed E-state index contributed by atoms with van der Waals surface area (Å²) in [5, 5.41) is 6.87. The fourth-order valence-corrected chi connectivity index (χ4v) is 1.19. The molecule has 0 aliphatic rings. The Labute approximate surface area is 81.5 Å². The first-order valence-corrected chi connectivity index (χ1v) is 4.34. The van der Waals surface area contributed by atoms with Crippen molar-refractivity contribution in [2.75, 3.05) is 6.61 Å². The summed E-state index contributed by atoms with van der Waals surface area (Å²) in [6.07, 6.45) is 2.64. The molecule has 4 nitrogen and oxygen atoms in total. The Kier molecular flexibility index (Phi) is 2.44. The second-order valence-corrected chi connectivity index (χ2v) is 2.64. The van der Waals surface area contributed by atoms with Crippen LogP contribution in [0.4, 0.5) is 0 Å². The maximum Gasteiger partial charge on any atom is 0.200 e. The zero-order chi connectivity index (χ0) is 9.80. The van der Waals surface area contributed by atoms with E-state index >= 15 is 0 Å². The third kappa shape index (κ3) is 1.59. The van der Waals surface area contributed by atoms with Crippen LogP contribution < -0.4 is 4.74 Å². The summed E-state index contributed by atoms with van der Waals surface area (Å²) in [4.78, 5) is 0. The van der Waals surface area contributed by atoms with Crippen LogP contribution in [-0.4, -0.2) is 17.0 Å². The van der Waals surface area contributed by atoms with Gasteiger partial charge in [0.1, 0.15) is 5.75 Å². The van der Waals surface area contributed by atoms with Gasteiger partial charge in [0.15, 0.2) is 6.20 Å². The van der Waals surface area contributed by atoms with E-state index < -0.39 is 0 Å². The summed E-state index contributed by atoms with van der Waals surface area (Å²) in [6, 6.07) is 7.55. The Balaban J connectivity index is 2.42. The van der Waals surface area contributed by atoms with Crippen LogP contribution in [0.3, 0.4) is 0 Å². The molecule has 71 valence electrons. The van der Waals surface area contributed by atoms with Crippen LogP contribution in [-0.2, 0) is 0 Å². The predicted octanol–water partition coefficient (Wildman–Crippen LogP) is 1.94. The maximum absolute atomic E-state index is 5.43. The van der Waals surface area contributed by atoms with Crippen LogP contribution in [0, 0.1) is 6.20 Å². The van der Waals surface area contributed by atoms with E-state index in [1.165, 1.54) is 0 Å². The average molecular weight is 189 g/mol. The van der Waals surface area contributed by atoms with Crippen molar-refractivity contribution < 1.29 is 9.26 Å². The number of nitrogens with zero attached hydrogens (tertiary/aromatic N) is 2. The van der Waals surface area contributed by atoms with E-state index in [1.54, 1.807) is 0 Å². The van der Waals surface area contributed by atoms with Gasteiger partial charge >= 0.3 is 0 Å². The van der Waals surface area contributed by atoms with Gasteiger partial charge in [-0.2, -0.15) is 0 Å². The zero-order valence-electron chi connectivity index (χ0n) is 7.73. The summed E-state index contributed by atoms with van der Waals surface area (Å²) in [6.45, 7) is 2.54. The number of ether oxygens (including phenoxy) is 1. The van der Waals surface area contributed by atoms with Crippen LogP contribution in [0.5, 0.6) is 5.75 Å². The highest BCUT2D eigenvalue weighted by molar-refractivity contribution is 5.64. The van der Waals surface area contributed by atoms with Crippen molar-refractivity contribution in [1.29, 1.82) is 0 Å². The molecule has 0 saturated heterocycles. The molecule has 0 bridgehead atoms. The zero-order valence-corrected chi connectivity index (χ0v) is 7.73. The molecular weight excluding hydrogens is 180 g/mol. The molecule has 0 amide bonds. The lowest BCUT2D eigenvalue weighted by molar-refractivity contribution is 0.339. The smallest absolute Gasteiger partial charge is 0.200 e. The van der Waals surface area contributed by atoms with Crippen LogP contribution >= 0.6 is 0 Å². The summed E-state index contributed by atoms with van der Waals surface area (Å²) < 4.78 is 10.3. The molecule has 1 aromatic carbocycles. The minimum atomic E-state index is 0.494. The molecule has 1 aromatic heterocycles. The van der Waals surface area contributed by atoms with Crippen molar-refractivity contribution in [3.63, 3.8) is 0 Å². The molecule has 0 unspecified atom stereocenters. The highest BCUT2D eigenvalue weighted by Gasteiger charge is 2.09. The lowest BCUT2D eigenvalue weighted by Gasteiger charge is -2.05. The number of hydrogen-bond donors (Lipinski definition) is 0. The Morgan fingerprint density at radius 3 is 3.00 bits per heavy atom. The van der Waals surface area contributed by atoms with Crippen LogP contribution in [0.15, 0.2) is 28.8 Å². The SMILES string of the molecule is CCOc1ccccc1-c1[c]nno1. The fraction of sp³-hybridized carbons (Fsp3) is 0.200. The highest BCUT2D eigenvalue weighted by atomic mass is 16.5. The van der Waals surface area contributed by atoms with E-state index in [9.17, 15) is 0 Å². The number of para-hydroxylation sites is 1. The summed E-state index contributed by atoms with van der Waals surface area (Å²) in [7, 11) is 0.